The number of hydrogen-bond donors (Lipinski definition) is 11. The van der Waals surface area contributed by atoms with Crippen molar-refractivity contribution in [3.05, 3.63) is 59.2 Å². The van der Waals surface area contributed by atoms with E-state index in [1.54, 1.807) is 48.4 Å². The van der Waals surface area contributed by atoms with E-state index in [2.05, 4.69) is 26.3 Å². The van der Waals surface area contributed by atoms with E-state index >= 15 is 8.78 Å². The Hall–Kier alpha value is -5.10. The molecule has 7 rings (SSSR count). The SMILES string of the molecule is CN[C@@H](C)C(=O)N[C@@H](C[C@H](C)O)C(=O)N1CCC[C@H]1Cc1c(-c2[nH]c3ccc(F)cc3c2C[C@@H]2CCCN2C(=O)[C@H](C[C@@H](C)O)NC(=O)[C@H](C)NC)n(C2O[C@H](CO)[C@@H](O)[C@H](O)[C@H]2O)c2ccc(F)cc12. The molecule has 3 aliphatic rings. The summed E-state index contributed by atoms with van der Waals surface area (Å²) in [5.74, 6) is -2.93. The Morgan fingerprint density at radius 3 is 1.75 bits per heavy atom. The first-order chi connectivity index (χ1) is 33.8. The number of rotatable bonds is 19. The zero-order valence-corrected chi connectivity index (χ0v) is 41.1. The van der Waals surface area contributed by atoms with Gasteiger partial charge in [-0.15, -0.1) is 0 Å². The van der Waals surface area contributed by atoms with Crippen molar-refractivity contribution in [2.45, 2.75) is 158 Å². The Labute approximate surface area is 410 Å². The van der Waals surface area contributed by atoms with Crippen molar-refractivity contribution in [2.24, 2.45) is 0 Å². The molecule has 0 saturated carbocycles. The number of nitrogens with one attached hydrogen (secondary N) is 5. The Bertz CT molecular complexity index is 2550. The van der Waals surface area contributed by atoms with Crippen LogP contribution in [0.2, 0.25) is 0 Å². The topological polar surface area (TPSA) is 274 Å². The fourth-order valence-electron chi connectivity index (χ4n) is 10.6. The number of fused-ring (bicyclic) bond motifs is 2. The predicted octanol–water partition coefficient (Wildman–Crippen LogP) is 0.834. The summed E-state index contributed by atoms with van der Waals surface area (Å²) in [6.45, 7) is 6.18. The van der Waals surface area contributed by atoms with Gasteiger partial charge in [-0.25, -0.2) is 8.78 Å². The first-order valence-corrected chi connectivity index (χ1v) is 24.6. The summed E-state index contributed by atoms with van der Waals surface area (Å²) in [6.07, 6.45) is -8.03. The highest BCUT2D eigenvalue weighted by Crippen LogP contribution is 2.45. The van der Waals surface area contributed by atoms with Gasteiger partial charge in [-0.05, 0) is 128 Å². The third-order valence-electron chi connectivity index (χ3n) is 14.5. The van der Waals surface area contributed by atoms with Gasteiger partial charge in [0.1, 0.15) is 48.1 Å². The Morgan fingerprint density at radius 1 is 0.732 bits per heavy atom. The molecule has 4 amide bonds. The summed E-state index contributed by atoms with van der Waals surface area (Å²) in [7, 11) is 3.22. The van der Waals surface area contributed by atoms with Crippen molar-refractivity contribution in [3.63, 3.8) is 0 Å². The van der Waals surface area contributed by atoms with E-state index in [9.17, 15) is 49.8 Å². The third kappa shape index (κ3) is 11.3. The maximum atomic E-state index is 15.8. The summed E-state index contributed by atoms with van der Waals surface area (Å²) in [5, 5.41) is 77.5. The molecule has 3 saturated heterocycles. The number of amides is 4. The van der Waals surface area contributed by atoms with Gasteiger partial charge in [-0.2, -0.15) is 0 Å². The van der Waals surface area contributed by atoms with Crippen LogP contribution in [0.4, 0.5) is 8.78 Å². The van der Waals surface area contributed by atoms with Crippen LogP contribution < -0.4 is 21.3 Å². The Kier molecular flexibility index (Phi) is 17.2. The number of ether oxygens (including phenoxy) is 1. The standard InChI is InChI=1S/C50H70F2N8O11/c1-24(62)17-37(56-46(67)26(3)53-5)48(69)58-15-7-9-30(58)21-34-32-19-28(51)11-13-36(32)55-41(34)42-35(22-31-10-8-16-59(31)49(70)38(18-25(2)63)57-47(68)27(4)54-6)33-20-29(52)12-14-39(33)60(42)50-45(66)44(65)43(64)40(23-61)71-50/h11-14,19-20,24-27,30-31,37-38,40,43-45,50,53-55,61-66H,7-10,15-18,21-23H2,1-6H3,(H,56,67)(H,57,68)/t24-,25+,26+,27+,30+,31+,37+,38+,40-,43-,44+,45-,50?/m1/s1. The number of aliphatic hydroxyl groups is 6. The van der Waals surface area contributed by atoms with Crippen LogP contribution in [0.15, 0.2) is 36.4 Å². The van der Waals surface area contributed by atoms with Gasteiger partial charge in [-0.3, -0.25) is 19.2 Å². The van der Waals surface area contributed by atoms with Gasteiger partial charge in [0.25, 0.3) is 0 Å². The molecule has 3 aliphatic heterocycles. The van der Waals surface area contributed by atoms with Gasteiger partial charge in [0.2, 0.25) is 23.6 Å². The highest BCUT2D eigenvalue weighted by Gasteiger charge is 2.47. The number of halogens is 2. The number of aromatic amines is 1. The predicted molar refractivity (Wildman–Crippen MR) is 259 cm³/mol. The van der Waals surface area contributed by atoms with Crippen LogP contribution >= 0.6 is 0 Å². The first-order valence-electron chi connectivity index (χ1n) is 24.6. The molecule has 13 atom stereocenters. The molecule has 4 aromatic rings. The number of aliphatic hydroxyl groups excluding tert-OH is 6. The molecule has 0 aliphatic carbocycles. The van der Waals surface area contributed by atoms with Crippen LogP contribution in [0.5, 0.6) is 0 Å². The third-order valence-corrected chi connectivity index (χ3v) is 14.5. The zero-order chi connectivity index (χ0) is 51.6. The van der Waals surface area contributed by atoms with E-state index in [0.717, 1.165) is 0 Å². The van der Waals surface area contributed by atoms with Crippen LogP contribution in [0.1, 0.15) is 83.6 Å². The lowest BCUT2D eigenvalue weighted by molar-refractivity contribution is -0.249. The molecule has 5 heterocycles. The molecule has 2 aromatic heterocycles. The van der Waals surface area contributed by atoms with E-state index in [4.69, 9.17) is 4.74 Å². The molecule has 71 heavy (non-hydrogen) atoms. The van der Waals surface area contributed by atoms with Crippen LogP contribution in [-0.2, 0) is 36.8 Å². The summed E-state index contributed by atoms with van der Waals surface area (Å²) >= 11 is 0. The summed E-state index contributed by atoms with van der Waals surface area (Å²) in [6, 6.07) is 3.60. The molecular weight excluding hydrogens is 927 g/mol. The highest BCUT2D eigenvalue weighted by atomic mass is 19.1. The zero-order valence-electron chi connectivity index (χ0n) is 41.1. The quantitative estimate of drug-likeness (QED) is 0.0623. The average Bonchev–Trinajstić information content (AvgIpc) is 4.14. The fraction of sp³-hybridized carbons (Fsp3) is 0.600. The van der Waals surface area contributed by atoms with Gasteiger partial charge in [0, 0.05) is 54.3 Å². The van der Waals surface area contributed by atoms with Crippen molar-refractivity contribution in [1.29, 1.82) is 0 Å². The smallest absolute Gasteiger partial charge is 0.245 e. The van der Waals surface area contributed by atoms with Gasteiger partial charge in [0.15, 0.2) is 6.23 Å². The van der Waals surface area contributed by atoms with Crippen molar-refractivity contribution < 1.29 is 63.3 Å². The number of carbonyl (C=O) groups excluding carboxylic acids is 4. The minimum atomic E-state index is -1.82. The molecule has 3 fully saturated rings. The molecule has 21 heteroatoms. The van der Waals surface area contributed by atoms with E-state index in [0.29, 0.717) is 77.4 Å². The number of nitrogens with zero attached hydrogens (tertiary/aromatic N) is 3. The lowest BCUT2D eigenvalue weighted by Crippen LogP contribution is -2.56. The maximum absolute atomic E-state index is 15.8. The second-order valence-electron chi connectivity index (χ2n) is 19.6. The first kappa shape index (κ1) is 53.7. The minimum Gasteiger partial charge on any atom is -0.394 e. The van der Waals surface area contributed by atoms with Gasteiger partial charge in [0.05, 0.1) is 47.8 Å². The molecule has 0 bridgehead atoms. The lowest BCUT2D eigenvalue weighted by atomic mass is 9.94. The van der Waals surface area contributed by atoms with Crippen LogP contribution in [-0.4, -0.2) is 180 Å². The molecule has 1 unspecified atom stereocenters. The highest BCUT2D eigenvalue weighted by molar-refractivity contribution is 5.98. The van der Waals surface area contributed by atoms with E-state index in [1.807, 2.05) is 0 Å². The Balaban J connectivity index is 1.41. The molecule has 0 radical (unpaired) electrons. The molecule has 0 spiro atoms. The number of benzene rings is 2. The minimum absolute atomic E-state index is 0.0523. The second-order valence-corrected chi connectivity index (χ2v) is 19.6. The maximum Gasteiger partial charge on any atom is 0.245 e. The van der Waals surface area contributed by atoms with Crippen LogP contribution in [0, 0.1) is 11.6 Å². The molecule has 19 nitrogen and oxygen atoms in total. The second kappa shape index (κ2) is 22.8. The number of aromatic nitrogens is 2. The van der Waals surface area contributed by atoms with Crippen LogP contribution in [0.3, 0.4) is 0 Å². The molecule has 2 aromatic carbocycles. The van der Waals surface area contributed by atoms with E-state index < -0.39 is 121 Å². The van der Waals surface area contributed by atoms with Crippen molar-refractivity contribution in [2.75, 3.05) is 33.8 Å². The van der Waals surface area contributed by atoms with Crippen LogP contribution in [0.25, 0.3) is 33.2 Å². The number of hydrogen-bond acceptors (Lipinski definition) is 13. The number of likely N-dealkylation sites (N-methyl/N-ethyl adjacent to an activating group) is 2. The normalized spacial score (nSPS) is 25.3. The average molecular weight is 997 g/mol. The number of likely N-dealkylation sites (tertiary alicyclic amines) is 2. The molecule has 390 valence electrons. The van der Waals surface area contributed by atoms with Gasteiger partial charge < -0.3 is 76.0 Å². The van der Waals surface area contributed by atoms with E-state index in [1.165, 1.54) is 44.2 Å². The van der Waals surface area contributed by atoms with Crippen molar-refractivity contribution in [3.8, 4) is 11.4 Å². The summed E-state index contributed by atoms with van der Waals surface area (Å²) in [4.78, 5) is 62.2. The molecule has 11 N–H and O–H groups in total. The fourth-order valence-corrected chi connectivity index (χ4v) is 10.6. The summed E-state index contributed by atoms with van der Waals surface area (Å²) in [5.41, 5.74) is 2.37. The van der Waals surface area contributed by atoms with Gasteiger partial charge >= 0.3 is 0 Å². The molecular formula is C50H70F2N8O11. The number of carbonyl (C=O) groups is 4. The van der Waals surface area contributed by atoms with E-state index in [-0.39, 0.29) is 31.4 Å². The lowest BCUT2D eigenvalue weighted by Gasteiger charge is -2.41. The summed E-state index contributed by atoms with van der Waals surface area (Å²) < 4.78 is 39.1. The monoisotopic (exact) mass is 997 g/mol. The number of H-pyrrole nitrogens is 1. The van der Waals surface area contributed by atoms with Crippen molar-refractivity contribution in [1.82, 2.24) is 40.6 Å². The Morgan fingerprint density at radius 2 is 1.24 bits per heavy atom. The van der Waals surface area contributed by atoms with Gasteiger partial charge in [-0.1, -0.05) is 0 Å². The largest absolute Gasteiger partial charge is 0.394 e. The van der Waals surface area contributed by atoms with Crippen molar-refractivity contribution >= 4 is 45.4 Å².